The number of benzene rings is 2. The van der Waals surface area contributed by atoms with Crippen LogP contribution in [-0.4, -0.2) is 23.4 Å². The summed E-state index contributed by atoms with van der Waals surface area (Å²) in [7, 11) is 0. The van der Waals surface area contributed by atoms with Crippen LogP contribution in [0.5, 0.6) is 0 Å². The maximum atomic E-state index is 13.1. The number of carboxylic acids is 1. The van der Waals surface area contributed by atoms with Crippen LogP contribution in [0.2, 0.25) is 0 Å². The first-order valence-electron chi connectivity index (χ1n) is 8.42. The fourth-order valence-electron chi connectivity index (χ4n) is 3.14. The van der Waals surface area contributed by atoms with Gasteiger partial charge in [0.05, 0.1) is 0 Å². The highest BCUT2D eigenvalue weighted by molar-refractivity contribution is 6.01. The van der Waals surface area contributed by atoms with E-state index >= 15 is 0 Å². The van der Waals surface area contributed by atoms with Crippen molar-refractivity contribution in [2.24, 2.45) is 0 Å². The van der Waals surface area contributed by atoms with Gasteiger partial charge < -0.3 is 10.4 Å². The van der Waals surface area contributed by atoms with Crippen LogP contribution >= 0.6 is 0 Å². The molecule has 0 bridgehead atoms. The molecule has 0 unspecified atom stereocenters. The third-order valence-corrected chi connectivity index (χ3v) is 4.44. The maximum absolute atomic E-state index is 13.1. The Morgan fingerprint density at radius 1 is 1.16 bits per heavy atom. The summed E-state index contributed by atoms with van der Waals surface area (Å²) in [4.78, 5) is 22.6. The molecule has 0 spiro atoms. The Morgan fingerprint density at radius 2 is 1.92 bits per heavy atom. The molecule has 0 aromatic heterocycles. The standard InChI is InChI=1S/C20H20FNO3/c21-16-6-3-13(4-7-16)10-15-11-14-5-8-19(23)17(14)12-18(15)22-9-1-2-20(24)25/h3-4,6-7,11-12,22H,1-2,5,8-10H2,(H,24,25). The lowest BCUT2D eigenvalue weighted by Gasteiger charge is -2.14. The number of Topliss-reactive ketones (excluding diaryl/α,β-unsaturated/α-hetero) is 1. The van der Waals surface area contributed by atoms with Crippen molar-refractivity contribution in [2.75, 3.05) is 11.9 Å². The quantitative estimate of drug-likeness (QED) is 0.751. The Kier molecular flexibility index (Phi) is 5.12. The number of aliphatic carboxylic acids is 1. The largest absolute Gasteiger partial charge is 0.481 e. The van der Waals surface area contributed by atoms with E-state index in [1.54, 1.807) is 12.1 Å². The van der Waals surface area contributed by atoms with Crippen molar-refractivity contribution in [3.63, 3.8) is 0 Å². The Labute approximate surface area is 145 Å². The molecule has 0 atom stereocenters. The van der Waals surface area contributed by atoms with E-state index in [0.29, 0.717) is 25.8 Å². The van der Waals surface area contributed by atoms with Crippen molar-refractivity contribution >= 4 is 17.4 Å². The van der Waals surface area contributed by atoms with Gasteiger partial charge in [-0.1, -0.05) is 18.2 Å². The second kappa shape index (κ2) is 7.47. The van der Waals surface area contributed by atoms with Crippen molar-refractivity contribution < 1.29 is 19.1 Å². The molecule has 0 aliphatic heterocycles. The molecule has 1 aliphatic carbocycles. The second-order valence-corrected chi connectivity index (χ2v) is 6.32. The van der Waals surface area contributed by atoms with Crippen LogP contribution in [-0.2, 0) is 17.6 Å². The molecule has 130 valence electrons. The molecule has 25 heavy (non-hydrogen) atoms. The number of carbonyl (C=O) groups excluding carboxylic acids is 1. The Balaban J connectivity index is 1.82. The molecule has 0 amide bonds. The fraction of sp³-hybridized carbons (Fsp3) is 0.300. The topological polar surface area (TPSA) is 66.4 Å². The summed E-state index contributed by atoms with van der Waals surface area (Å²) in [6.45, 7) is 0.524. The van der Waals surface area contributed by atoms with Gasteiger partial charge in [0.25, 0.3) is 0 Å². The van der Waals surface area contributed by atoms with Gasteiger partial charge in [0.1, 0.15) is 5.82 Å². The number of nitrogens with one attached hydrogen (secondary N) is 1. The van der Waals surface area contributed by atoms with Crippen molar-refractivity contribution in [3.05, 3.63) is 64.5 Å². The normalized spacial score (nSPS) is 12.9. The van der Waals surface area contributed by atoms with Crippen molar-refractivity contribution in [1.82, 2.24) is 0 Å². The molecule has 0 radical (unpaired) electrons. The van der Waals surface area contributed by atoms with Crippen LogP contribution in [0.4, 0.5) is 10.1 Å². The van der Waals surface area contributed by atoms with Gasteiger partial charge in [0.2, 0.25) is 0 Å². The molecular weight excluding hydrogens is 321 g/mol. The first-order chi connectivity index (χ1) is 12.0. The van der Waals surface area contributed by atoms with Gasteiger partial charge in [-0.3, -0.25) is 9.59 Å². The Bertz CT molecular complexity index is 799. The lowest BCUT2D eigenvalue weighted by atomic mass is 9.98. The number of carboxylic acid groups (broad SMARTS) is 1. The third-order valence-electron chi connectivity index (χ3n) is 4.44. The fourth-order valence-corrected chi connectivity index (χ4v) is 3.14. The summed E-state index contributed by atoms with van der Waals surface area (Å²) in [5, 5.41) is 12.0. The summed E-state index contributed by atoms with van der Waals surface area (Å²) in [5.74, 6) is -0.940. The molecule has 2 N–H and O–H groups in total. The van der Waals surface area contributed by atoms with Gasteiger partial charge in [0.15, 0.2) is 5.78 Å². The van der Waals surface area contributed by atoms with Crippen LogP contribution in [0, 0.1) is 5.82 Å². The summed E-state index contributed by atoms with van der Waals surface area (Å²) < 4.78 is 13.1. The molecule has 4 nitrogen and oxygen atoms in total. The van der Waals surface area contributed by atoms with Gasteiger partial charge in [-0.25, -0.2) is 4.39 Å². The molecule has 1 aliphatic rings. The highest BCUT2D eigenvalue weighted by Gasteiger charge is 2.21. The first-order valence-corrected chi connectivity index (χ1v) is 8.42. The van der Waals surface area contributed by atoms with Crippen molar-refractivity contribution in [3.8, 4) is 0 Å². The molecule has 0 saturated carbocycles. The first kappa shape index (κ1) is 17.1. The number of hydrogen-bond donors (Lipinski definition) is 2. The predicted octanol–water partition coefficient (Wildman–Crippen LogP) is 3.82. The molecule has 0 heterocycles. The number of aryl methyl sites for hydroxylation is 1. The molecule has 0 fully saturated rings. The predicted molar refractivity (Wildman–Crippen MR) is 93.7 cm³/mol. The lowest BCUT2D eigenvalue weighted by Crippen LogP contribution is -2.08. The van der Waals surface area contributed by atoms with Crippen LogP contribution in [0.1, 0.15) is 46.3 Å². The smallest absolute Gasteiger partial charge is 0.303 e. The summed E-state index contributed by atoms with van der Waals surface area (Å²) in [6.07, 6.45) is 2.53. The maximum Gasteiger partial charge on any atom is 0.303 e. The van der Waals surface area contributed by atoms with Gasteiger partial charge in [0, 0.05) is 30.6 Å². The van der Waals surface area contributed by atoms with Gasteiger partial charge in [-0.2, -0.15) is 0 Å². The molecular formula is C20H20FNO3. The van der Waals surface area contributed by atoms with Crippen molar-refractivity contribution in [1.29, 1.82) is 0 Å². The Morgan fingerprint density at radius 3 is 2.64 bits per heavy atom. The van der Waals surface area contributed by atoms with E-state index in [2.05, 4.69) is 5.32 Å². The van der Waals surface area contributed by atoms with Gasteiger partial charge in [-0.05, 0) is 54.2 Å². The molecule has 0 saturated heterocycles. The zero-order chi connectivity index (χ0) is 17.8. The number of hydrogen-bond acceptors (Lipinski definition) is 3. The lowest BCUT2D eigenvalue weighted by molar-refractivity contribution is -0.137. The summed E-state index contributed by atoms with van der Waals surface area (Å²) in [6, 6.07) is 10.3. The van der Waals surface area contributed by atoms with Crippen LogP contribution in [0.15, 0.2) is 36.4 Å². The molecule has 2 aromatic rings. The van der Waals surface area contributed by atoms with Gasteiger partial charge in [-0.15, -0.1) is 0 Å². The van der Waals surface area contributed by atoms with Crippen LogP contribution in [0.3, 0.4) is 0 Å². The SMILES string of the molecule is O=C(O)CCCNc1cc2c(cc1Cc1ccc(F)cc1)CCC2=O. The molecule has 3 rings (SSSR count). The minimum Gasteiger partial charge on any atom is -0.481 e. The monoisotopic (exact) mass is 341 g/mol. The highest BCUT2D eigenvalue weighted by Crippen LogP contribution is 2.30. The minimum atomic E-state index is -0.822. The van der Waals surface area contributed by atoms with E-state index in [1.165, 1.54) is 12.1 Å². The molecule has 5 heteroatoms. The zero-order valence-corrected chi connectivity index (χ0v) is 13.8. The number of halogens is 1. The third kappa shape index (κ3) is 4.24. The van der Waals surface area contributed by atoms with E-state index < -0.39 is 5.97 Å². The van der Waals surface area contributed by atoms with Crippen LogP contribution in [0.25, 0.3) is 0 Å². The van der Waals surface area contributed by atoms with E-state index in [0.717, 1.165) is 34.4 Å². The number of fused-ring (bicyclic) bond motifs is 1. The minimum absolute atomic E-state index is 0.101. The number of anilines is 1. The summed E-state index contributed by atoms with van der Waals surface area (Å²) >= 11 is 0. The number of ketones is 1. The van der Waals surface area contributed by atoms with Crippen LogP contribution < -0.4 is 5.32 Å². The van der Waals surface area contributed by atoms with E-state index in [-0.39, 0.29) is 18.0 Å². The van der Waals surface area contributed by atoms with E-state index in [1.807, 2.05) is 12.1 Å². The number of carbonyl (C=O) groups is 2. The van der Waals surface area contributed by atoms with E-state index in [4.69, 9.17) is 5.11 Å². The Hall–Kier alpha value is -2.69. The highest BCUT2D eigenvalue weighted by atomic mass is 19.1. The second-order valence-electron chi connectivity index (χ2n) is 6.32. The number of rotatable bonds is 7. The van der Waals surface area contributed by atoms with Crippen molar-refractivity contribution in [2.45, 2.75) is 32.1 Å². The average Bonchev–Trinajstić information content (AvgIpc) is 2.94. The van der Waals surface area contributed by atoms with E-state index in [9.17, 15) is 14.0 Å². The molecule has 2 aromatic carbocycles. The van der Waals surface area contributed by atoms with Gasteiger partial charge >= 0.3 is 5.97 Å². The average molecular weight is 341 g/mol. The zero-order valence-electron chi connectivity index (χ0n) is 13.8. The summed E-state index contributed by atoms with van der Waals surface area (Å²) in [5.41, 5.74) is 4.68.